The smallest absolute Gasteiger partial charge is 0.408 e. The van der Waals surface area contributed by atoms with Gasteiger partial charge in [-0.1, -0.05) is 11.6 Å². The maximum Gasteiger partial charge on any atom is 0.408 e. The Kier molecular flexibility index (Phi) is 7.97. The molecule has 2 heterocycles. The molecule has 1 aromatic heterocycles. The lowest BCUT2D eigenvalue weighted by Crippen LogP contribution is -2.47. The number of nitrogens with one attached hydrogen (secondary N) is 2. The Labute approximate surface area is 206 Å². The molecule has 0 aliphatic carbocycles. The predicted molar refractivity (Wildman–Crippen MR) is 126 cm³/mol. The monoisotopic (exact) mass is 508 g/mol. The van der Waals surface area contributed by atoms with Gasteiger partial charge >= 0.3 is 12.1 Å². The lowest BCUT2D eigenvalue weighted by Gasteiger charge is -2.23. The number of methoxy groups -OCH3 is 1. The van der Waals surface area contributed by atoms with Crippen molar-refractivity contribution in [1.82, 2.24) is 20.8 Å². The van der Waals surface area contributed by atoms with Crippen molar-refractivity contribution in [2.45, 2.75) is 38.8 Å². The van der Waals surface area contributed by atoms with Crippen LogP contribution in [0.15, 0.2) is 41.6 Å². The van der Waals surface area contributed by atoms with E-state index in [4.69, 9.17) is 25.8 Å². The Balaban J connectivity index is 1.69. The molecule has 13 heteroatoms. The molecule has 2 aromatic rings. The van der Waals surface area contributed by atoms with Gasteiger partial charge < -0.3 is 19.5 Å². The van der Waals surface area contributed by atoms with E-state index >= 15 is 0 Å². The molecule has 11 nitrogen and oxygen atoms in total. The normalized spacial score (nSPS) is 14.3. The quantitative estimate of drug-likeness (QED) is 0.541. The minimum Gasteiger partial charge on any atom is -0.467 e. The van der Waals surface area contributed by atoms with Crippen LogP contribution in [0.25, 0.3) is 0 Å². The fourth-order valence-electron chi connectivity index (χ4n) is 2.91. The molecule has 0 saturated carbocycles. The first-order valence-electron chi connectivity index (χ1n) is 10.5. The molecule has 188 valence electrons. The van der Waals surface area contributed by atoms with Crippen LogP contribution in [0.5, 0.6) is 11.6 Å². The highest BCUT2D eigenvalue weighted by Gasteiger charge is 2.30. The molecular weight excluding hydrogens is 483 g/mol. The average Bonchev–Trinajstić information content (AvgIpc) is 3.14. The van der Waals surface area contributed by atoms with Crippen LogP contribution in [-0.2, 0) is 14.3 Å². The van der Waals surface area contributed by atoms with Crippen molar-refractivity contribution < 1.29 is 28.2 Å². The van der Waals surface area contributed by atoms with Crippen LogP contribution < -0.4 is 20.7 Å². The largest absolute Gasteiger partial charge is 0.467 e. The summed E-state index contributed by atoms with van der Waals surface area (Å²) in [5.41, 5.74) is 2.90. The number of pyridine rings is 1. The number of benzene rings is 1. The topological polar surface area (TPSA) is 118 Å². The number of hydrogen-bond acceptors (Lipinski definition) is 10. The van der Waals surface area contributed by atoms with Crippen LogP contribution in [0.2, 0.25) is 5.02 Å². The molecule has 1 amide bonds. The van der Waals surface area contributed by atoms with Crippen molar-refractivity contribution in [2.24, 2.45) is 5.10 Å². The number of aromatic nitrogens is 1. The van der Waals surface area contributed by atoms with Gasteiger partial charge in [-0.3, -0.25) is 5.01 Å². The Morgan fingerprint density at radius 2 is 1.94 bits per heavy atom. The number of hydrazine groups is 2. The summed E-state index contributed by atoms with van der Waals surface area (Å²) in [5.74, 6) is -0.725. The summed E-state index contributed by atoms with van der Waals surface area (Å²) in [6, 6.07) is 6.69. The van der Waals surface area contributed by atoms with E-state index < -0.39 is 29.5 Å². The number of nitrogens with zero attached hydrogens (tertiary/aromatic N) is 4. The molecular formula is C22H26ClFN6O5. The summed E-state index contributed by atoms with van der Waals surface area (Å²) < 4.78 is 29.4. The number of amidine groups is 1. The fourth-order valence-corrected chi connectivity index (χ4v) is 3.05. The van der Waals surface area contributed by atoms with Gasteiger partial charge in [0.15, 0.2) is 5.82 Å². The summed E-state index contributed by atoms with van der Waals surface area (Å²) in [6.45, 7) is 5.15. The van der Waals surface area contributed by atoms with E-state index in [-0.39, 0.29) is 17.3 Å². The molecule has 1 unspecified atom stereocenters. The van der Waals surface area contributed by atoms with Gasteiger partial charge in [-0.25, -0.2) is 19.0 Å². The molecule has 35 heavy (non-hydrogen) atoms. The standard InChI is InChI=1S/C22H26ClFN6O5/c1-22(2,3)35-21(32)26-17(20(31)33-5)11-18-27-30(28-29(18)4)14-6-8-15(9-7-14)34-19-16(24)10-13(23)12-25-19/h6-10,12,17,28H,11H2,1-5H3,(H,26,32). The first-order valence-corrected chi connectivity index (χ1v) is 10.9. The highest BCUT2D eigenvalue weighted by molar-refractivity contribution is 6.30. The number of ether oxygens (including phenoxy) is 3. The molecule has 1 atom stereocenters. The SMILES string of the molecule is COC(=O)C(CC1=NN(c2ccc(Oc3ncc(Cl)cc3F)cc2)NN1C)NC(=O)OC(C)(C)C. The third-order valence-electron chi connectivity index (χ3n) is 4.48. The van der Waals surface area contributed by atoms with Crippen molar-refractivity contribution in [1.29, 1.82) is 0 Å². The van der Waals surface area contributed by atoms with Gasteiger partial charge in [0.1, 0.15) is 23.2 Å². The first kappa shape index (κ1) is 26.0. The highest BCUT2D eigenvalue weighted by atomic mass is 35.5. The Hall–Kier alpha value is -3.64. The summed E-state index contributed by atoms with van der Waals surface area (Å²) in [6.07, 6.45) is 0.573. The van der Waals surface area contributed by atoms with Gasteiger partial charge in [-0.2, -0.15) is 5.12 Å². The molecule has 1 aliphatic heterocycles. The van der Waals surface area contributed by atoms with E-state index in [1.807, 2.05) is 0 Å². The number of alkyl carbamates (subject to hydrolysis) is 1. The van der Waals surface area contributed by atoms with E-state index in [2.05, 4.69) is 20.9 Å². The Bertz CT molecular complexity index is 1110. The maximum atomic E-state index is 13.9. The summed E-state index contributed by atoms with van der Waals surface area (Å²) in [7, 11) is 2.93. The van der Waals surface area contributed by atoms with E-state index in [0.29, 0.717) is 17.3 Å². The van der Waals surface area contributed by atoms with Crippen molar-refractivity contribution in [3.63, 3.8) is 0 Å². The molecule has 0 radical (unpaired) electrons. The number of esters is 1. The number of halogens is 2. The van der Waals surface area contributed by atoms with Gasteiger partial charge in [-0.05, 0) is 51.1 Å². The van der Waals surface area contributed by atoms with Crippen molar-refractivity contribution in [3.05, 3.63) is 47.4 Å². The van der Waals surface area contributed by atoms with E-state index in [1.165, 1.54) is 18.4 Å². The van der Waals surface area contributed by atoms with Crippen LogP contribution >= 0.6 is 11.6 Å². The Morgan fingerprint density at radius 3 is 2.54 bits per heavy atom. The molecule has 0 saturated heterocycles. The second-order valence-corrected chi connectivity index (χ2v) is 8.89. The third-order valence-corrected chi connectivity index (χ3v) is 4.69. The van der Waals surface area contributed by atoms with E-state index in [0.717, 1.165) is 6.07 Å². The molecule has 1 aliphatic rings. The number of rotatable bonds is 7. The summed E-state index contributed by atoms with van der Waals surface area (Å²) in [5, 5.41) is 10.2. The van der Waals surface area contributed by atoms with Gasteiger partial charge in [0, 0.05) is 19.7 Å². The van der Waals surface area contributed by atoms with E-state index in [1.54, 1.807) is 57.1 Å². The molecule has 0 fully saturated rings. The first-order chi connectivity index (χ1) is 16.4. The zero-order valence-corrected chi connectivity index (χ0v) is 20.6. The van der Waals surface area contributed by atoms with Gasteiger partial charge in [0.25, 0.3) is 5.88 Å². The van der Waals surface area contributed by atoms with Crippen molar-refractivity contribution in [2.75, 3.05) is 19.3 Å². The number of amides is 1. The Morgan fingerprint density at radius 1 is 1.26 bits per heavy atom. The van der Waals surface area contributed by atoms with E-state index in [9.17, 15) is 14.0 Å². The predicted octanol–water partition coefficient (Wildman–Crippen LogP) is 3.61. The van der Waals surface area contributed by atoms with Crippen LogP contribution in [-0.4, -0.2) is 53.7 Å². The lowest BCUT2D eigenvalue weighted by atomic mass is 10.2. The third kappa shape index (κ3) is 7.17. The number of anilines is 1. The number of hydrogen-bond donors (Lipinski definition) is 2. The number of carbonyl (C=O) groups is 2. The maximum absolute atomic E-state index is 13.9. The zero-order chi connectivity index (χ0) is 25.8. The molecule has 0 bridgehead atoms. The number of carbonyl (C=O) groups excluding carboxylic acids is 2. The van der Waals surface area contributed by atoms with Crippen LogP contribution in [0.3, 0.4) is 0 Å². The zero-order valence-electron chi connectivity index (χ0n) is 19.8. The highest BCUT2D eigenvalue weighted by Crippen LogP contribution is 2.27. The van der Waals surface area contributed by atoms with Gasteiger partial charge in [0.2, 0.25) is 0 Å². The minimum atomic E-state index is -1.02. The van der Waals surface area contributed by atoms with Crippen molar-refractivity contribution in [3.8, 4) is 11.6 Å². The second-order valence-electron chi connectivity index (χ2n) is 8.45. The lowest BCUT2D eigenvalue weighted by molar-refractivity contribution is -0.142. The minimum absolute atomic E-state index is 0.0363. The number of hydrazone groups is 1. The molecule has 2 N–H and O–H groups in total. The van der Waals surface area contributed by atoms with Crippen LogP contribution in [0.1, 0.15) is 27.2 Å². The molecule has 1 aromatic carbocycles. The summed E-state index contributed by atoms with van der Waals surface area (Å²) >= 11 is 5.70. The van der Waals surface area contributed by atoms with Gasteiger partial charge in [-0.15, -0.1) is 10.6 Å². The molecule has 0 spiro atoms. The average molecular weight is 509 g/mol. The van der Waals surface area contributed by atoms with Crippen LogP contribution in [0, 0.1) is 5.82 Å². The second kappa shape index (κ2) is 10.7. The van der Waals surface area contributed by atoms with Crippen molar-refractivity contribution >= 4 is 35.2 Å². The molecule has 3 rings (SSSR count). The summed E-state index contributed by atoms with van der Waals surface area (Å²) in [4.78, 5) is 28.2. The fraction of sp³-hybridized carbons (Fsp3) is 0.364. The van der Waals surface area contributed by atoms with Crippen LogP contribution in [0.4, 0.5) is 14.9 Å². The van der Waals surface area contributed by atoms with Gasteiger partial charge in [0.05, 0.1) is 17.8 Å².